The van der Waals surface area contributed by atoms with Gasteiger partial charge in [-0.25, -0.2) is 0 Å². The number of fused-ring (bicyclic) bond motifs is 1. The normalized spacial score (nSPS) is 14.2. The van der Waals surface area contributed by atoms with Crippen molar-refractivity contribution < 1.29 is 0 Å². The van der Waals surface area contributed by atoms with Gasteiger partial charge in [-0.05, 0) is 29.7 Å². The second kappa shape index (κ2) is 7.26. The van der Waals surface area contributed by atoms with E-state index in [2.05, 4.69) is 64.5 Å². The van der Waals surface area contributed by atoms with Gasteiger partial charge < -0.3 is 0 Å². The van der Waals surface area contributed by atoms with Crippen molar-refractivity contribution in [3.63, 3.8) is 0 Å². The van der Waals surface area contributed by atoms with Crippen LogP contribution in [0, 0.1) is 0 Å². The predicted molar refractivity (Wildman–Crippen MR) is 106 cm³/mol. The Morgan fingerprint density at radius 1 is 1.04 bits per heavy atom. The molecule has 4 rings (SSSR count). The van der Waals surface area contributed by atoms with Crippen LogP contribution in [0.25, 0.3) is 22.4 Å². The molecular weight excluding hydrogens is 320 g/mol. The number of hydrogen-bond acceptors (Lipinski definition) is 3. The summed E-state index contributed by atoms with van der Waals surface area (Å²) in [4.78, 5) is 6.60. The summed E-state index contributed by atoms with van der Waals surface area (Å²) in [5, 5.41) is 4.99. The van der Waals surface area contributed by atoms with E-state index in [-0.39, 0.29) is 0 Å². The Bertz CT molecular complexity index is 894. The van der Waals surface area contributed by atoms with E-state index in [1.807, 2.05) is 18.5 Å². The van der Waals surface area contributed by atoms with Gasteiger partial charge in [0.15, 0.2) is 0 Å². The van der Waals surface area contributed by atoms with E-state index in [9.17, 15) is 0 Å². The molecule has 132 valence electrons. The first-order valence-electron chi connectivity index (χ1n) is 9.22. The fourth-order valence-electron chi connectivity index (χ4n) is 3.63. The summed E-state index contributed by atoms with van der Waals surface area (Å²) in [5.74, 6) is 0. The monoisotopic (exact) mass is 344 g/mol. The van der Waals surface area contributed by atoms with E-state index in [0.29, 0.717) is 0 Å². The molecule has 4 nitrogen and oxygen atoms in total. The van der Waals surface area contributed by atoms with Gasteiger partial charge in [-0.3, -0.25) is 14.6 Å². The average Bonchev–Trinajstić information content (AvgIpc) is 3.08. The Labute approximate surface area is 154 Å². The average molecular weight is 344 g/mol. The van der Waals surface area contributed by atoms with Crippen LogP contribution in [0.1, 0.15) is 18.2 Å². The quantitative estimate of drug-likeness (QED) is 0.651. The molecule has 26 heavy (non-hydrogen) atoms. The Morgan fingerprint density at radius 3 is 2.50 bits per heavy atom. The van der Waals surface area contributed by atoms with Gasteiger partial charge in [0.25, 0.3) is 0 Å². The molecule has 2 aromatic heterocycles. The zero-order valence-electron chi connectivity index (χ0n) is 15.2. The Balaban J connectivity index is 1.85. The van der Waals surface area contributed by atoms with Crippen LogP contribution in [-0.2, 0) is 19.5 Å². The van der Waals surface area contributed by atoms with Crippen LogP contribution in [0.4, 0.5) is 0 Å². The fourth-order valence-corrected chi connectivity index (χ4v) is 3.63. The summed E-state index contributed by atoms with van der Waals surface area (Å²) < 4.78 is 2.18. The molecule has 0 spiro atoms. The van der Waals surface area contributed by atoms with Crippen molar-refractivity contribution in [2.45, 2.75) is 26.4 Å². The molecule has 0 N–H and O–H groups in total. The molecule has 0 aliphatic carbocycles. The number of rotatable bonds is 5. The van der Waals surface area contributed by atoms with Crippen molar-refractivity contribution in [1.29, 1.82) is 0 Å². The van der Waals surface area contributed by atoms with Crippen LogP contribution in [0.2, 0.25) is 0 Å². The lowest BCUT2D eigenvalue weighted by atomic mass is 9.98. The van der Waals surface area contributed by atoms with Crippen LogP contribution in [-0.4, -0.2) is 32.8 Å². The van der Waals surface area contributed by atoms with Gasteiger partial charge in [-0.1, -0.05) is 37.3 Å². The zero-order chi connectivity index (χ0) is 17.9. The number of hydrogen-bond donors (Lipinski definition) is 0. The van der Waals surface area contributed by atoms with E-state index in [0.717, 1.165) is 38.3 Å². The zero-order valence-corrected chi connectivity index (χ0v) is 15.2. The minimum atomic E-state index is 0.893. The smallest absolute Gasteiger partial charge is 0.100 e. The Morgan fingerprint density at radius 2 is 1.81 bits per heavy atom. The van der Waals surface area contributed by atoms with Crippen LogP contribution in [0.3, 0.4) is 0 Å². The highest BCUT2D eigenvalue weighted by Gasteiger charge is 2.25. The Hall–Kier alpha value is -2.72. The minimum Gasteiger partial charge on any atom is -0.292 e. The van der Waals surface area contributed by atoms with Crippen molar-refractivity contribution >= 4 is 0 Å². The van der Waals surface area contributed by atoms with Gasteiger partial charge in [0.1, 0.15) is 5.69 Å². The molecule has 0 unspecified atom stereocenters. The van der Waals surface area contributed by atoms with Gasteiger partial charge in [-0.15, -0.1) is 6.58 Å². The molecule has 0 saturated heterocycles. The molecule has 4 heteroatoms. The molecule has 3 aromatic rings. The topological polar surface area (TPSA) is 34.0 Å². The summed E-state index contributed by atoms with van der Waals surface area (Å²) >= 11 is 0. The summed E-state index contributed by atoms with van der Waals surface area (Å²) in [6.45, 7) is 9.78. The number of nitrogens with zero attached hydrogens (tertiary/aromatic N) is 4. The van der Waals surface area contributed by atoms with Crippen LogP contribution in [0.5, 0.6) is 0 Å². The maximum atomic E-state index is 4.99. The second-order valence-corrected chi connectivity index (χ2v) is 6.70. The number of benzene rings is 1. The second-order valence-electron chi connectivity index (χ2n) is 6.70. The van der Waals surface area contributed by atoms with Crippen molar-refractivity contribution in [2.75, 3.05) is 13.1 Å². The first kappa shape index (κ1) is 16.7. The lowest BCUT2D eigenvalue weighted by Crippen LogP contribution is -2.34. The predicted octanol–water partition coefficient (Wildman–Crippen LogP) is 4.18. The van der Waals surface area contributed by atoms with Gasteiger partial charge in [0.2, 0.25) is 0 Å². The third-order valence-electron chi connectivity index (χ3n) is 5.05. The largest absolute Gasteiger partial charge is 0.292 e. The Kier molecular flexibility index (Phi) is 4.67. The molecule has 0 radical (unpaired) electrons. The van der Waals surface area contributed by atoms with Crippen LogP contribution >= 0.6 is 0 Å². The van der Waals surface area contributed by atoms with Crippen LogP contribution < -0.4 is 0 Å². The van der Waals surface area contributed by atoms with Crippen LogP contribution in [0.15, 0.2) is 61.4 Å². The molecule has 1 aromatic carbocycles. The summed E-state index contributed by atoms with van der Waals surface area (Å²) in [7, 11) is 0. The lowest BCUT2D eigenvalue weighted by molar-refractivity contribution is 0.235. The molecular formula is C22H24N4. The number of pyridine rings is 1. The van der Waals surface area contributed by atoms with Crippen molar-refractivity contribution in [2.24, 2.45) is 0 Å². The van der Waals surface area contributed by atoms with E-state index in [1.165, 1.54) is 27.9 Å². The van der Waals surface area contributed by atoms with Gasteiger partial charge >= 0.3 is 0 Å². The SMILES string of the molecule is C=CCN1CCn2nc(-c3ccc(CC)cc3)c(-c3ccncc3)c2C1. The van der Waals surface area contributed by atoms with Gasteiger partial charge in [-0.2, -0.15) is 5.10 Å². The van der Waals surface area contributed by atoms with E-state index >= 15 is 0 Å². The fraction of sp³-hybridized carbons (Fsp3) is 0.273. The molecule has 1 aliphatic rings. The molecule has 1 aliphatic heterocycles. The summed E-state index contributed by atoms with van der Waals surface area (Å²) in [6.07, 6.45) is 6.73. The minimum absolute atomic E-state index is 0.893. The third-order valence-corrected chi connectivity index (χ3v) is 5.05. The van der Waals surface area contributed by atoms with E-state index in [1.54, 1.807) is 0 Å². The highest BCUT2D eigenvalue weighted by atomic mass is 15.3. The highest BCUT2D eigenvalue weighted by Crippen LogP contribution is 2.36. The van der Waals surface area contributed by atoms with Gasteiger partial charge in [0, 0.05) is 43.2 Å². The standard InChI is InChI=1S/C22H24N4/c1-3-13-25-14-15-26-20(16-25)21(18-9-11-23-12-10-18)22(24-26)19-7-5-17(4-2)6-8-19/h3,5-12H,1,4,13-16H2,2H3. The third kappa shape index (κ3) is 3.08. The van der Waals surface area contributed by atoms with E-state index in [4.69, 9.17) is 5.10 Å². The van der Waals surface area contributed by atoms with E-state index < -0.39 is 0 Å². The molecule has 0 saturated carbocycles. The number of aromatic nitrogens is 3. The maximum absolute atomic E-state index is 4.99. The molecule has 0 fully saturated rings. The highest BCUT2D eigenvalue weighted by molar-refractivity contribution is 5.82. The first-order valence-corrected chi connectivity index (χ1v) is 9.22. The van der Waals surface area contributed by atoms with Gasteiger partial charge in [0.05, 0.1) is 12.2 Å². The number of aryl methyl sites for hydroxylation is 1. The van der Waals surface area contributed by atoms with Crippen molar-refractivity contribution in [3.8, 4) is 22.4 Å². The molecule has 0 bridgehead atoms. The molecule has 3 heterocycles. The molecule has 0 amide bonds. The van der Waals surface area contributed by atoms with Crippen molar-refractivity contribution in [1.82, 2.24) is 19.7 Å². The lowest BCUT2D eigenvalue weighted by Gasteiger charge is -2.27. The summed E-state index contributed by atoms with van der Waals surface area (Å²) in [5.41, 5.74) is 7.27. The first-order chi connectivity index (χ1) is 12.8. The summed E-state index contributed by atoms with van der Waals surface area (Å²) in [6, 6.07) is 12.9. The van der Waals surface area contributed by atoms with Crippen molar-refractivity contribution in [3.05, 3.63) is 72.7 Å². The maximum Gasteiger partial charge on any atom is 0.100 e. The molecule has 0 atom stereocenters.